The van der Waals surface area contributed by atoms with Crippen molar-refractivity contribution in [1.82, 2.24) is 5.32 Å². The van der Waals surface area contributed by atoms with Gasteiger partial charge in [-0.05, 0) is 24.3 Å². The van der Waals surface area contributed by atoms with E-state index < -0.39 is 18.7 Å². The van der Waals surface area contributed by atoms with E-state index in [1.165, 1.54) is 29.2 Å². The number of halogens is 5. The van der Waals surface area contributed by atoms with Crippen LogP contribution in [0.1, 0.15) is 0 Å². The van der Waals surface area contributed by atoms with Gasteiger partial charge >= 0.3 is 18.1 Å². The third-order valence-electron chi connectivity index (χ3n) is 2.70. The minimum atomic E-state index is -5.66. The molecule has 115 valence electrons. The smallest absolute Gasteiger partial charge is 0.456 e. The molecule has 1 aliphatic rings. The summed E-state index contributed by atoms with van der Waals surface area (Å²) in [5.74, 6) is -5.07. The highest BCUT2D eigenvalue weighted by Crippen LogP contribution is 2.35. The standard InChI is InChI=1S/C12H10F5N2O2/c13-11(14,12(15,16)17)7-21-9-3-1-8(2-4-9)19-6-5-18-10(19)20/h1-4,6H,5,7H2,(H,18,20). The Bertz CT molecular complexity index is 515. The van der Waals surface area contributed by atoms with E-state index in [1.807, 2.05) is 0 Å². The second-order valence-corrected chi connectivity index (χ2v) is 4.22. The molecule has 1 aromatic rings. The quantitative estimate of drug-likeness (QED) is 0.869. The highest BCUT2D eigenvalue weighted by Gasteiger charge is 2.58. The second kappa shape index (κ2) is 5.38. The number of alkyl halides is 5. The van der Waals surface area contributed by atoms with Crippen molar-refractivity contribution in [2.75, 3.05) is 18.1 Å². The molecule has 0 bridgehead atoms. The summed E-state index contributed by atoms with van der Waals surface area (Å²) in [6.07, 6.45) is -5.66. The SMILES string of the molecule is O=C1NC[CH]N1c1ccc(OCC(F)(F)C(F)(F)F)cc1. The zero-order valence-corrected chi connectivity index (χ0v) is 10.5. The van der Waals surface area contributed by atoms with Crippen molar-refractivity contribution < 1.29 is 31.5 Å². The van der Waals surface area contributed by atoms with Crippen molar-refractivity contribution in [2.24, 2.45) is 0 Å². The molecule has 1 radical (unpaired) electrons. The zero-order valence-electron chi connectivity index (χ0n) is 10.5. The van der Waals surface area contributed by atoms with Crippen LogP contribution in [-0.4, -0.2) is 31.3 Å². The maximum absolute atomic E-state index is 12.7. The minimum Gasteiger partial charge on any atom is -0.487 e. The number of amides is 2. The summed E-state index contributed by atoms with van der Waals surface area (Å²) in [6, 6.07) is 4.82. The van der Waals surface area contributed by atoms with Crippen LogP contribution in [-0.2, 0) is 0 Å². The van der Waals surface area contributed by atoms with Crippen LogP contribution < -0.4 is 15.0 Å². The van der Waals surface area contributed by atoms with Crippen LogP contribution in [0.25, 0.3) is 0 Å². The van der Waals surface area contributed by atoms with Crippen LogP contribution in [0.15, 0.2) is 24.3 Å². The van der Waals surface area contributed by atoms with Crippen molar-refractivity contribution in [3.05, 3.63) is 30.8 Å². The third kappa shape index (κ3) is 3.34. The Morgan fingerprint density at radius 2 is 1.76 bits per heavy atom. The van der Waals surface area contributed by atoms with Gasteiger partial charge in [-0.25, -0.2) is 4.79 Å². The largest absolute Gasteiger partial charge is 0.487 e. The molecule has 0 unspecified atom stereocenters. The summed E-state index contributed by atoms with van der Waals surface area (Å²) in [6.45, 7) is 0.122. The van der Waals surface area contributed by atoms with Crippen molar-refractivity contribution in [1.29, 1.82) is 0 Å². The molecule has 1 heterocycles. The number of carbonyl (C=O) groups excluding carboxylic acids is 1. The van der Waals surface area contributed by atoms with E-state index in [2.05, 4.69) is 10.1 Å². The molecule has 0 aromatic heterocycles. The zero-order chi connectivity index (χ0) is 15.7. The molecule has 1 saturated heterocycles. The van der Waals surface area contributed by atoms with Gasteiger partial charge in [0.25, 0.3) is 0 Å². The maximum Gasteiger partial charge on any atom is 0.456 e. The number of nitrogens with zero attached hydrogens (tertiary/aromatic N) is 1. The lowest BCUT2D eigenvalue weighted by Crippen LogP contribution is -2.41. The van der Waals surface area contributed by atoms with Crippen molar-refractivity contribution in [3.63, 3.8) is 0 Å². The van der Waals surface area contributed by atoms with Gasteiger partial charge in [-0.15, -0.1) is 0 Å². The summed E-state index contributed by atoms with van der Waals surface area (Å²) in [5.41, 5.74) is 0.444. The van der Waals surface area contributed by atoms with Gasteiger partial charge in [-0.3, -0.25) is 4.90 Å². The number of benzene rings is 1. The van der Waals surface area contributed by atoms with Crippen LogP contribution in [0.2, 0.25) is 0 Å². The van der Waals surface area contributed by atoms with Gasteiger partial charge in [0.15, 0.2) is 6.61 Å². The minimum absolute atomic E-state index is 0.151. The lowest BCUT2D eigenvalue weighted by Gasteiger charge is -2.20. The number of anilines is 1. The van der Waals surface area contributed by atoms with E-state index in [0.717, 1.165) is 0 Å². The molecule has 0 atom stereocenters. The van der Waals surface area contributed by atoms with E-state index in [4.69, 9.17) is 0 Å². The fourth-order valence-electron chi connectivity index (χ4n) is 1.57. The molecule has 0 spiro atoms. The normalized spacial score (nSPS) is 16.0. The number of hydrogen-bond donors (Lipinski definition) is 1. The highest BCUT2D eigenvalue weighted by atomic mass is 19.4. The first kappa shape index (κ1) is 15.3. The molecule has 1 aromatic carbocycles. The van der Waals surface area contributed by atoms with Gasteiger partial charge in [0.05, 0.1) is 6.54 Å². The van der Waals surface area contributed by atoms with Gasteiger partial charge in [0.1, 0.15) is 5.75 Å². The fourth-order valence-corrected chi connectivity index (χ4v) is 1.57. The molecule has 0 saturated carbocycles. The Morgan fingerprint density at radius 3 is 2.24 bits per heavy atom. The third-order valence-corrected chi connectivity index (χ3v) is 2.70. The molecule has 1 fully saturated rings. The number of nitrogens with one attached hydrogen (secondary N) is 1. The Labute approximate surface area is 116 Å². The van der Waals surface area contributed by atoms with E-state index >= 15 is 0 Å². The maximum atomic E-state index is 12.7. The Hall–Kier alpha value is -2.06. The van der Waals surface area contributed by atoms with Crippen molar-refractivity contribution >= 4 is 11.7 Å². The van der Waals surface area contributed by atoms with Crippen LogP contribution in [0.4, 0.5) is 32.4 Å². The number of rotatable bonds is 4. The van der Waals surface area contributed by atoms with Gasteiger partial charge in [-0.2, -0.15) is 22.0 Å². The summed E-state index contributed by atoms with van der Waals surface area (Å²) in [4.78, 5) is 12.6. The molecule has 0 aliphatic carbocycles. The second-order valence-electron chi connectivity index (χ2n) is 4.22. The van der Waals surface area contributed by atoms with E-state index in [1.54, 1.807) is 6.54 Å². The molecule has 2 amide bonds. The number of carbonyl (C=O) groups is 1. The predicted molar refractivity (Wildman–Crippen MR) is 63.1 cm³/mol. The van der Waals surface area contributed by atoms with E-state index in [-0.39, 0.29) is 11.8 Å². The molecule has 1 aliphatic heterocycles. The van der Waals surface area contributed by atoms with Crippen LogP contribution in [0, 0.1) is 6.54 Å². The molecular formula is C12H10F5N2O2. The molecule has 2 rings (SSSR count). The molecule has 21 heavy (non-hydrogen) atoms. The van der Waals surface area contributed by atoms with Gasteiger partial charge < -0.3 is 10.1 Å². The van der Waals surface area contributed by atoms with Gasteiger partial charge in [0, 0.05) is 12.2 Å². The molecule has 1 N–H and O–H groups in total. The fraction of sp³-hybridized carbons (Fsp3) is 0.333. The number of hydrogen-bond acceptors (Lipinski definition) is 2. The molecule has 4 nitrogen and oxygen atoms in total. The van der Waals surface area contributed by atoms with Crippen molar-refractivity contribution in [3.8, 4) is 5.75 Å². The Balaban J connectivity index is 1.99. The molecule has 9 heteroatoms. The van der Waals surface area contributed by atoms with Crippen LogP contribution in [0.3, 0.4) is 0 Å². The summed E-state index contributed by atoms with van der Waals surface area (Å²) < 4.78 is 65.7. The summed E-state index contributed by atoms with van der Waals surface area (Å²) >= 11 is 0. The van der Waals surface area contributed by atoms with Gasteiger partial charge in [0.2, 0.25) is 0 Å². The number of urea groups is 1. The Kier molecular flexibility index (Phi) is 3.93. The summed E-state index contributed by atoms with van der Waals surface area (Å²) in [7, 11) is 0. The molecular weight excluding hydrogens is 299 g/mol. The van der Waals surface area contributed by atoms with Gasteiger partial charge in [-0.1, -0.05) is 0 Å². The van der Waals surface area contributed by atoms with Crippen LogP contribution in [0.5, 0.6) is 5.75 Å². The first-order chi connectivity index (χ1) is 9.71. The highest BCUT2D eigenvalue weighted by molar-refractivity contribution is 5.95. The lowest BCUT2D eigenvalue weighted by molar-refractivity contribution is -0.290. The van der Waals surface area contributed by atoms with Crippen molar-refractivity contribution in [2.45, 2.75) is 12.1 Å². The topological polar surface area (TPSA) is 41.6 Å². The first-order valence-corrected chi connectivity index (χ1v) is 5.78. The monoisotopic (exact) mass is 309 g/mol. The van der Waals surface area contributed by atoms with Crippen LogP contribution >= 0.6 is 0 Å². The lowest BCUT2D eigenvalue weighted by atomic mass is 10.3. The average molecular weight is 309 g/mol. The predicted octanol–water partition coefficient (Wildman–Crippen LogP) is 2.95. The van der Waals surface area contributed by atoms with E-state index in [9.17, 15) is 26.7 Å². The van der Waals surface area contributed by atoms with E-state index in [0.29, 0.717) is 12.2 Å². The average Bonchev–Trinajstić information content (AvgIpc) is 2.82. The first-order valence-electron chi connectivity index (χ1n) is 5.78. The summed E-state index contributed by atoms with van der Waals surface area (Å²) in [5, 5.41) is 2.52. The Morgan fingerprint density at radius 1 is 1.14 bits per heavy atom. The number of ether oxygens (including phenoxy) is 1.